The van der Waals surface area contributed by atoms with Crippen molar-refractivity contribution in [2.75, 3.05) is 7.11 Å². The lowest BCUT2D eigenvalue weighted by Gasteiger charge is -2.12. The second kappa shape index (κ2) is 5.98. The third-order valence-electron chi connectivity index (χ3n) is 2.46. The number of esters is 1. The molecular weight excluding hydrogens is 256 g/mol. The van der Waals surface area contributed by atoms with Crippen molar-refractivity contribution in [2.24, 2.45) is 0 Å². The number of nitrogens with zero attached hydrogens (tertiary/aromatic N) is 1. The first kappa shape index (κ1) is 14.7. The Bertz CT molecular complexity index is 488. The molecule has 0 radical (unpaired) electrons. The molecule has 0 aliphatic heterocycles. The molecule has 0 aliphatic carbocycles. The molecule has 1 rings (SSSR count). The minimum Gasteiger partial charge on any atom is -0.480 e. The fraction of sp³-hybridized carbons (Fsp3) is 0.455. The zero-order chi connectivity index (χ0) is 14.6. The average Bonchev–Trinajstić information content (AvgIpc) is 2.67. The number of carboxylic acids is 1. The lowest BCUT2D eigenvalue weighted by Crippen LogP contribution is -2.42. The van der Waals surface area contributed by atoms with E-state index in [9.17, 15) is 14.4 Å². The van der Waals surface area contributed by atoms with Crippen LogP contribution in [0, 0.1) is 13.8 Å². The summed E-state index contributed by atoms with van der Waals surface area (Å²) in [6.45, 7) is 3.09. The Balaban J connectivity index is 2.83. The van der Waals surface area contributed by atoms with Gasteiger partial charge in [-0.1, -0.05) is 5.16 Å². The zero-order valence-corrected chi connectivity index (χ0v) is 10.7. The molecule has 1 amide bonds. The van der Waals surface area contributed by atoms with E-state index < -0.39 is 30.3 Å². The summed E-state index contributed by atoms with van der Waals surface area (Å²) >= 11 is 0. The van der Waals surface area contributed by atoms with Gasteiger partial charge in [-0.25, -0.2) is 4.79 Å². The first-order chi connectivity index (χ1) is 8.86. The minimum atomic E-state index is -1.37. The van der Waals surface area contributed by atoms with E-state index in [4.69, 9.17) is 9.63 Å². The summed E-state index contributed by atoms with van der Waals surface area (Å²) in [5.41, 5.74) is 0.508. The van der Waals surface area contributed by atoms with Crippen molar-refractivity contribution in [1.82, 2.24) is 10.5 Å². The first-order valence-electron chi connectivity index (χ1n) is 5.40. The van der Waals surface area contributed by atoms with Gasteiger partial charge in [-0.05, 0) is 13.8 Å². The second-order valence-corrected chi connectivity index (χ2v) is 3.84. The number of methoxy groups -OCH3 is 1. The molecule has 19 heavy (non-hydrogen) atoms. The van der Waals surface area contributed by atoms with Crippen LogP contribution in [0.4, 0.5) is 0 Å². The van der Waals surface area contributed by atoms with Crippen LogP contribution in [0.15, 0.2) is 4.52 Å². The zero-order valence-electron chi connectivity index (χ0n) is 10.7. The molecular formula is C11H14N2O6. The summed E-state index contributed by atoms with van der Waals surface area (Å²) in [4.78, 5) is 33.9. The topological polar surface area (TPSA) is 119 Å². The summed E-state index contributed by atoms with van der Waals surface area (Å²) in [6, 6.07) is -1.37. The summed E-state index contributed by atoms with van der Waals surface area (Å²) in [5, 5.41) is 14.8. The number of carbonyl (C=O) groups excluding carboxylic acids is 2. The Labute approximate surface area is 108 Å². The van der Waals surface area contributed by atoms with Gasteiger partial charge in [0.1, 0.15) is 17.4 Å². The number of nitrogens with one attached hydrogen (secondary N) is 1. The Morgan fingerprint density at radius 2 is 2.05 bits per heavy atom. The lowest BCUT2D eigenvalue weighted by molar-refractivity contribution is -0.147. The van der Waals surface area contributed by atoms with Crippen molar-refractivity contribution in [3.8, 4) is 0 Å². The molecule has 0 fully saturated rings. The standard InChI is InChI=1S/C11H14N2O6/c1-5-9(6(2)19-13-5)10(15)12-7(11(16)17)4-8(14)18-3/h7H,4H2,1-3H3,(H,12,15)(H,16,17)/t7-/m0/s1. The van der Waals surface area contributed by atoms with Crippen LogP contribution in [0.1, 0.15) is 28.2 Å². The molecule has 0 saturated heterocycles. The SMILES string of the molecule is COC(=O)C[C@H](NC(=O)c1c(C)noc1C)C(=O)O. The largest absolute Gasteiger partial charge is 0.480 e. The molecule has 0 unspecified atom stereocenters. The molecule has 2 N–H and O–H groups in total. The number of rotatable bonds is 5. The number of amides is 1. The predicted octanol–water partition coefficient (Wildman–Crippen LogP) is 0.0375. The van der Waals surface area contributed by atoms with Crippen molar-refractivity contribution < 1.29 is 28.8 Å². The fourth-order valence-electron chi connectivity index (χ4n) is 1.49. The summed E-state index contributed by atoms with van der Waals surface area (Å²) in [6.07, 6.45) is -0.457. The molecule has 0 saturated carbocycles. The summed E-state index contributed by atoms with van der Waals surface area (Å²) in [5.74, 6) is -2.44. The molecule has 104 valence electrons. The highest BCUT2D eigenvalue weighted by Gasteiger charge is 2.26. The molecule has 1 aromatic heterocycles. The molecule has 1 aromatic rings. The van der Waals surface area contributed by atoms with Crippen molar-refractivity contribution in [1.29, 1.82) is 0 Å². The van der Waals surface area contributed by atoms with Gasteiger partial charge in [0.05, 0.1) is 19.2 Å². The highest BCUT2D eigenvalue weighted by Crippen LogP contribution is 2.12. The number of carboxylic acid groups (broad SMARTS) is 1. The van der Waals surface area contributed by atoms with Gasteiger partial charge in [0.25, 0.3) is 5.91 Å². The van der Waals surface area contributed by atoms with Crippen molar-refractivity contribution in [3.63, 3.8) is 0 Å². The molecule has 1 heterocycles. The number of ether oxygens (including phenoxy) is 1. The van der Waals surface area contributed by atoms with E-state index in [0.717, 1.165) is 7.11 Å². The maximum absolute atomic E-state index is 11.9. The Hall–Kier alpha value is -2.38. The first-order valence-corrected chi connectivity index (χ1v) is 5.40. The normalized spacial score (nSPS) is 11.7. The number of aromatic nitrogens is 1. The monoisotopic (exact) mass is 270 g/mol. The quantitative estimate of drug-likeness (QED) is 0.725. The molecule has 8 nitrogen and oxygen atoms in total. The molecule has 0 bridgehead atoms. The van der Waals surface area contributed by atoms with Crippen LogP contribution in [0.2, 0.25) is 0 Å². The van der Waals surface area contributed by atoms with Gasteiger partial charge >= 0.3 is 11.9 Å². The number of aryl methyl sites for hydroxylation is 2. The fourth-order valence-corrected chi connectivity index (χ4v) is 1.49. The highest BCUT2D eigenvalue weighted by atomic mass is 16.5. The maximum atomic E-state index is 11.9. The van der Waals surface area contributed by atoms with Crippen LogP contribution in [0.3, 0.4) is 0 Å². The second-order valence-electron chi connectivity index (χ2n) is 3.84. The van der Waals surface area contributed by atoms with E-state index in [1.807, 2.05) is 0 Å². The van der Waals surface area contributed by atoms with Crippen LogP contribution in [-0.4, -0.2) is 41.3 Å². The van der Waals surface area contributed by atoms with Gasteiger partial charge in [0.2, 0.25) is 0 Å². The summed E-state index contributed by atoms with van der Waals surface area (Å²) in [7, 11) is 1.14. The molecule has 0 spiro atoms. The molecule has 0 aromatic carbocycles. The Morgan fingerprint density at radius 3 is 2.47 bits per heavy atom. The smallest absolute Gasteiger partial charge is 0.326 e. The van der Waals surface area contributed by atoms with E-state index in [-0.39, 0.29) is 11.3 Å². The van der Waals surface area contributed by atoms with Crippen LogP contribution < -0.4 is 5.32 Å². The summed E-state index contributed by atoms with van der Waals surface area (Å²) < 4.78 is 9.18. The van der Waals surface area contributed by atoms with Crippen molar-refractivity contribution in [3.05, 3.63) is 17.0 Å². The van der Waals surface area contributed by atoms with E-state index in [0.29, 0.717) is 5.69 Å². The van der Waals surface area contributed by atoms with Crippen molar-refractivity contribution in [2.45, 2.75) is 26.3 Å². The van der Waals surface area contributed by atoms with Crippen molar-refractivity contribution >= 4 is 17.8 Å². The molecule has 0 aliphatic rings. The third-order valence-corrected chi connectivity index (χ3v) is 2.46. The lowest BCUT2D eigenvalue weighted by atomic mass is 10.1. The van der Waals surface area contributed by atoms with Gasteiger partial charge in [-0.15, -0.1) is 0 Å². The predicted molar refractivity (Wildman–Crippen MR) is 61.5 cm³/mol. The molecule has 1 atom stereocenters. The van der Waals surface area contributed by atoms with Gasteiger partial charge in [-0.2, -0.15) is 0 Å². The van der Waals surface area contributed by atoms with Crippen LogP contribution >= 0.6 is 0 Å². The number of aliphatic carboxylic acids is 1. The number of hydrogen-bond acceptors (Lipinski definition) is 6. The van der Waals surface area contributed by atoms with Gasteiger partial charge < -0.3 is 19.7 Å². The van der Waals surface area contributed by atoms with E-state index >= 15 is 0 Å². The third kappa shape index (κ3) is 3.54. The van der Waals surface area contributed by atoms with E-state index in [2.05, 4.69) is 15.2 Å². The maximum Gasteiger partial charge on any atom is 0.326 e. The number of carbonyl (C=O) groups is 3. The van der Waals surface area contributed by atoms with Crippen LogP contribution in [0.25, 0.3) is 0 Å². The van der Waals surface area contributed by atoms with Gasteiger partial charge in [0.15, 0.2) is 0 Å². The van der Waals surface area contributed by atoms with Gasteiger partial charge in [0, 0.05) is 0 Å². The Kier molecular flexibility index (Phi) is 4.62. The Morgan fingerprint density at radius 1 is 1.42 bits per heavy atom. The van der Waals surface area contributed by atoms with Gasteiger partial charge in [-0.3, -0.25) is 9.59 Å². The van der Waals surface area contributed by atoms with E-state index in [1.165, 1.54) is 6.92 Å². The highest BCUT2D eigenvalue weighted by molar-refractivity contribution is 5.98. The number of hydrogen-bond donors (Lipinski definition) is 2. The molecule has 8 heteroatoms. The van der Waals surface area contributed by atoms with Crippen LogP contribution in [-0.2, 0) is 14.3 Å². The van der Waals surface area contributed by atoms with E-state index in [1.54, 1.807) is 6.92 Å². The minimum absolute atomic E-state index is 0.163. The van der Waals surface area contributed by atoms with Crippen LogP contribution in [0.5, 0.6) is 0 Å². The average molecular weight is 270 g/mol.